The second-order valence-electron chi connectivity index (χ2n) is 5.74. The molecule has 1 aromatic heterocycles. The highest BCUT2D eigenvalue weighted by atomic mass is 35.5. The molecule has 1 fully saturated rings. The molecule has 2 aromatic rings. The number of ether oxygens (including phenoxy) is 1. The van der Waals surface area contributed by atoms with Gasteiger partial charge in [-0.3, -0.25) is 4.90 Å². The topological polar surface area (TPSA) is 76.3 Å². The predicted molar refractivity (Wildman–Crippen MR) is 97.3 cm³/mol. The van der Waals surface area contributed by atoms with Crippen LogP contribution in [0.4, 0.5) is 11.8 Å². The molecular formula is C17H22ClN5O. The van der Waals surface area contributed by atoms with Crippen LogP contribution < -0.4 is 11.1 Å². The molecule has 0 unspecified atom stereocenters. The second-order valence-corrected chi connectivity index (χ2v) is 6.17. The highest BCUT2D eigenvalue weighted by molar-refractivity contribution is 6.30. The summed E-state index contributed by atoms with van der Waals surface area (Å²) in [4.78, 5) is 10.9. The van der Waals surface area contributed by atoms with E-state index in [0.29, 0.717) is 5.02 Å². The van der Waals surface area contributed by atoms with Crippen LogP contribution in [0.2, 0.25) is 5.02 Å². The first-order chi connectivity index (χ1) is 11.7. The van der Waals surface area contributed by atoms with Crippen molar-refractivity contribution < 1.29 is 4.74 Å². The van der Waals surface area contributed by atoms with Crippen molar-refractivity contribution in [2.24, 2.45) is 0 Å². The van der Waals surface area contributed by atoms with Crippen LogP contribution in [0.25, 0.3) is 11.1 Å². The number of aromatic nitrogens is 2. The number of hydrogen-bond acceptors (Lipinski definition) is 6. The maximum Gasteiger partial charge on any atom is 0.221 e. The molecule has 0 bridgehead atoms. The molecule has 3 rings (SSSR count). The summed E-state index contributed by atoms with van der Waals surface area (Å²) in [5.41, 5.74) is 7.62. The third-order valence-corrected chi connectivity index (χ3v) is 4.23. The minimum atomic E-state index is 0.261. The van der Waals surface area contributed by atoms with E-state index >= 15 is 0 Å². The summed E-state index contributed by atoms with van der Waals surface area (Å²) in [6.07, 6.45) is 2.76. The van der Waals surface area contributed by atoms with E-state index in [1.807, 2.05) is 24.3 Å². The first-order valence-electron chi connectivity index (χ1n) is 8.15. The molecule has 6 nitrogen and oxygen atoms in total. The predicted octanol–water partition coefficient (Wildman–Crippen LogP) is 2.51. The largest absolute Gasteiger partial charge is 0.379 e. The number of anilines is 2. The van der Waals surface area contributed by atoms with E-state index in [2.05, 4.69) is 20.2 Å². The van der Waals surface area contributed by atoms with Gasteiger partial charge in [-0.2, -0.15) is 4.98 Å². The quantitative estimate of drug-likeness (QED) is 0.782. The van der Waals surface area contributed by atoms with Crippen LogP contribution in [-0.4, -0.2) is 54.3 Å². The maximum atomic E-state index is 6.09. The number of nitrogens with two attached hydrogens (primary N) is 1. The van der Waals surface area contributed by atoms with Crippen molar-refractivity contribution in [1.82, 2.24) is 14.9 Å². The molecule has 7 heteroatoms. The molecule has 1 aliphatic rings. The van der Waals surface area contributed by atoms with Gasteiger partial charge in [0, 0.05) is 36.4 Å². The number of nitrogens with one attached hydrogen (secondary N) is 1. The van der Waals surface area contributed by atoms with Crippen LogP contribution in [-0.2, 0) is 4.74 Å². The van der Waals surface area contributed by atoms with Gasteiger partial charge in [0.2, 0.25) is 5.95 Å². The van der Waals surface area contributed by atoms with Gasteiger partial charge >= 0.3 is 0 Å². The van der Waals surface area contributed by atoms with Crippen molar-refractivity contribution in [2.75, 3.05) is 50.4 Å². The summed E-state index contributed by atoms with van der Waals surface area (Å²) in [6, 6.07) is 7.64. The van der Waals surface area contributed by atoms with Gasteiger partial charge in [0.15, 0.2) is 0 Å². The summed E-state index contributed by atoms with van der Waals surface area (Å²) in [7, 11) is 0. The summed E-state index contributed by atoms with van der Waals surface area (Å²) in [5.74, 6) is 1.00. The molecular weight excluding hydrogens is 326 g/mol. The van der Waals surface area contributed by atoms with E-state index in [1.165, 1.54) is 0 Å². The molecule has 0 atom stereocenters. The van der Waals surface area contributed by atoms with E-state index in [9.17, 15) is 0 Å². The molecule has 0 spiro atoms. The number of benzene rings is 1. The molecule has 2 heterocycles. The van der Waals surface area contributed by atoms with Crippen LogP contribution >= 0.6 is 11.6 Å². The van der Waals surface area contributed by atoms with E-state index in [0.717, 1.165) is 62.8 Å². The van der Waals surface area contributed by atoms with Gasteiger partial charge in [-0.05, 0) is 30.7 Å². The lowest BCUT2D eigenvalue weighted by atomic mass is 10.1. The molecule has 128 valence electrons. The van der Waals surface area contributed by atoms with E-state index in [-0.39, 0.29) is 5.95 Å². The SMILES string of the molecule is Nc1ncc(-c2cccc(Cl)c2)c(NCCCN2CCOCC2)n1. The molecule has 24 heavy (non-hydrogen) atoms. The van der Waals surface area contributed by atoms with Gasteiger partial charge in [0.05, 0.1) is 13.2 Å². The third kappa shape index (κ3) is 4.56. The number of morpholine rings is 1. The number of nitrogen functional groups attached to an aromatic ring is 1. The lowest BCUT2D eigenvalue weighted by molar-refractivity contribution is 0.0378. The maximum absolute atomic E-state index is 6.09. The van der Waals surface area contributed by atoms with Gasteiger partial charge in [-0.1, -0.05) is 23.7 Å². The summed E-state index contributed by atoms with van der Waals surface area (Å²) in [5, 5.41) is 4.06. The standard InChI is InChI=1S/C17H22ClN5O/c18-14-4-1-3-13(11-14)15-12-21-17(19)22-16(15)20-5-2-6-23-7-9-24-10-8-23/h1,3-4,11-12H,2,5-10H2,(H3,19,20,21,22). The minimum Gasteiger partial charge on any atom is -0.379 e. The number of halogens is 1. The molecule has 0 aliphatic carbocycles. The van der Waals surface area contributed by atoms with Crippen molar-refractivity contribution in [3.63, 3.8) is 0 Å². The van der Waals surface area contributed by atoms with Crippen LogP contribution in [0.1, 0.15) is 6.42 Å². The number of rotatable bonds is 6. The smallest absolute Gasteiger partial charge is 0.221 e. The zero-order valence-electron chi connectivity index (χ0n) is 13.5. The Labute approximate surface area is 147 Å². The molecule has 0 radical (unpaired) electrons. The Bertz CT molecular complexity index is 676. The van der Waals surface area contributed by atoms with Crippen molar-refractivity contribution in [2.45, 2.75) is 6.42 Å². The van der Waals surface area contributed by atoms with Crippen molar-refractivity contribution in [3.8, 4) is 11.1 Å². The third-order valence-electron chi connectivity index (χ3n) is 3.99. The highest BCUT2D eigenvalue weighted by Crippen LogP contribution is 2.28. The molecule has 1 aliphatic heterocycles. The number of nitrogens with zero attached hydrogens (tertiary/aromatic N) is 3. The fourth-order valence-electron chi connectivity index (χ4n) is 2.73. The molecule has 1 saturated heterocycles. The lowest BCUT2D eigenvalue weighted by Gasteiger charge is -2.26. The average molecular weight is 348 g/mol. The summed E-state index contributed by atoms with van der Waals surface area (Å²) >= 11 is 6.09. The van der Waals surface area contributed by atoms with Gasteiger partial charge in [0.1, 0.15) is 5.82 Å². The van der Waals surface area contributed by atoms with Crippen LogP contribution in [0.15, 0.2) is 30.5 Å². The van der Waals surface area contributed by atoms with Crippen LogP contribution in [0.3, 0.4) is 0 Å². The van der Waals surface area contributed by atoms with Crippen LogP contribution in [0.5, 0.6) is 0 Å². The highest BCUT2D eigenvalue weighted by Gasteiger charge is 2.11. The fourth-order valence-corrected chi connectivity index (χ4v) is 2.92. The van der Waals surface area contributed by atoms with E-state index in [4.69, 9.17) is 22.1 Å². The Balaban J connectivity index is 1.63. The van der Waals surface area contributed by atoms with Crippen LogP contribution in [0, 0.1) is 0 Å². The van der Waals surface area contributed by atoms with Gasteiger partial charge in [0.25, 0.3) is 0 Å². The lowest BCUT2D eigenvalue weighted by Crippen LogP contribution is -2.37. The summed E-state index contributed by atoms with van der Waals surface area (Å²) in [6.45, 7) is 5.54. The van der Waals surface area contributed by atoms with Crippen molar-refractivity contribution in [1.29, 1.82) is 0 Å². The monoisotopic (exact) mass is 347 g/mol. The average Bonchev–Trinajstić information content (AvgIpc) is 2.60. The molecule has 0 saturated carbocycles. The zero-order valence-corrected chi connectivity index (χ0v) is 14.3. The van der Waals surface area contributed by atoms with E-state index in [1.54, 1.807) is 6.20 Å². The zero-order chi connectivity index (χ0) is 16.8. The normalized spacial score (nSPS) is 15.4. The fraction of sp³-hybridized carbons (Fsp3) is 0.412. The Hall–Kier alpha value is -1.89. The Morgan fingerprint density at radius 3 is 2.92 bits per heavy atom. The molecule has 3 N–H and O–H groups in total. The first-order valence-corrected chi connectivity index (χ1v) is 8.52. The minimum absolute atomic E-state index is 0.261. The van der Waals surface area contributed by atoms with E-state index < -0.39 is 0 Å². The Kier molecular flexibility index (Phi) is 5.85. The molecule has 1 aromatic carbocycles. The summed E-state index contributed by atoms with van der Waals surface area (Å²) < 4.78 is 5.36. The van der Waals surface area contributed by atoms with Gasteiger partial charge in [-0.25, -0.2) is 4.98 Å². The number of hydrogen-bond donors (Lipinski definition) is 2. The Morgan fingerprint density at radius 1 is 1.29 bits per heavy atom. The Morgan fingerprint density at radius 2 is 2.12 bits per heavy atom. The van der Waals surface area contributed by atoms with Crippen molar-refractivity contribution >= 4 is 23.4 Å². The van der Waals surface area contributed by atoms with Crippen molar-refractivity contribution in [3.05, 3.63) is 35.5 Å². The van der Waals surface area contributed by atoms with Gasteiger partial charge < -0.3 is 15.8 Å². The first kappa shape index (κ1) is 17.0. The molecule has 0 amide bonds. The second kappa shape index (κ2) is 8.28. The van der Waals surface area contributed by atoms with Gasteiger partial charge in [-0.15, -0.1) is 0 Å².